The first-order valence-electron chi connectivity index (χ1n) is 5.39. The lowest BCUT2D eigenvalue weighted by atomic mass is 10.1. The first-order valence-corrected chi connectivity index (χ1v) is 6.56. The molecule has 0 aliphatic heterocycles. The number of nitrogens with zero attached hydrogens (tertiary/aromatic N) is 2. The van der Waals surface area contributed by atoms with Crippen LogP contribution in [0.5, 0.6) is 0 Å². The summed E-state index contributed by atoms with van der Waals surface area (Å²) in [6.45, 7) is 2.42. The Bertz CT molecular complexity index is 573. The fourth-order valence-corrected chi connectivity index (χ4v) is 2.40. The van der Waals surface area contributed by atoms with Crippen LogP contribution < -0.4 is 0 Å². The van der Waals surface area contributed by atoms with E-state index >= 15 is 0 Å². The number of aromatic nitrogens is 2. The van der Waals surface area contributed by atoms with E-state index in [-0.39, 0.29) is 5.56 Å². The SMILES string of the molecule is CCn1ncc(Cl)c1C(O)c1cccc(Br)c1F. The van der Waals surface area contributed by atoms with E-state index in [0.717, 1.165) is 0 Å². The molecule has 0 saturated heterocycles. The van der Waals surface area contributed by atoms with E-state index in [1.165, 1.54) is 12.3 Å². The number of rotatable bonds is 3. The van der Waals surface area contributed by atoms with E-state index in [0.29, 0.717) is 21.7 Å². The second-order valence-electron chi connectivity index (χ2n) is 3.74. The van der Waals surface area contributed by atoms with E-state index in [9.17, 15) is 9.50 Å². The molecule has 1 atom stereocenters. The first-order chi connectivity index (χ1) is 8.56. The van der Waals surface area contributed by atoms with E-state index in [4.69, 9.17) is 11.6 Å². The Labute approximate surface area is 117 Å². The fourth-order valence-electron chi connectivity index (χ4n) is 1.77. The molecular weight excluding hydrogens is 322 g/mol. The van der Waals surface area contributed by atoms with Crippen LogP contribution in [0.1, 0.15) is 24.3 Å². The second-order valence-corrected chi connectivity index (χ2v) is 5.00. The quantitative estimate of drug-likeness (QED) is 0.933. The van der Waals surface area contributed by atoms with Crippen molar-refractivity contribution in [1.29, 1.82) is 0 Å². The molecule has 1 unspecified atom stereocenters. The topological polar surface area (TPSA) is 38.0 Å². The van der Waals surface area contributed by atoms with Gasteiger partial charge in [0, 0.05) is 12.1 Å². The summed E-state index contributed by atoms with van der Waals surface area (Å²) in [7, 11) is 0. The van der Waals surface area contributed by atoms with Gasteiger partial charge < -0.3 is 5.11 Å². The van der Waals surface area contributed by atoms with Crippen LogP contribution in [-0.2, 0) is 6.54 Å². The van der Waals surface area contributed by atoms with Crippen LogP contribution >= 0.6 is 27.5 Å². The third-order valence-electron chi connectivity index (χ3n) is 2.67. The van der Waals surface area contributed by atoms with Crippen LogP contribution in [-0.4, -0.2) is 14.9 Å². The van der Waals surface area contributed by atoms with Gasteiger partial charge in [-0.05, 0) is 28.9 Å². The number of benzene rings is 1. The first kappa shape index (κ1) is 13.5. The van der Waals surface area contributed by atoms with Crippen molar-refractivity contribution in [2.24, 2.45) is 0 Å². The summed E-state index contributed by atoms with van der Waals surface area (Å²) in [6, 6.07) is 4.75. The lowest BCUT2D eigenvalue weighted by Crippen LogP contribution is -2.11. The lowest BCUT2D eigenvalue weighted by Gasteiger charge is -2.14. The average Bonchev–Trinajstić information content (AvgIpc) is 2.73. The minimum atomic E-state index is -1.14. The average molecular weight is 334 g/mol. The van der Waals surface area contributed by atoms with Gasteiger partial charge in [0.05, 0.1) is 21.4 Å². The number of aliphatic hydroxyl groups is 1. The molecule has 0 bridgehead atoms. The fraction of sp³-hybridized carbons (Fsp3) is 0.250. The molecular formula is C12H11BrClFN2O. The molecule has 3 nitrogen and oxygen atoms in total. The molecule has 2 rings (SSSR count). The van der Waals surface area contributed by atoms with Gasteiger partial charge in [-0.3, -0.25) is 4.68 Å². The van der Waals surface area contributed by atoms with Gasteiger partial charge in [0.1, 0.15) is 11.9 Å². The predicted molar refractivity (Wildman–Crippen MR) is 71.1 cm³/mol. The smallest absolute Gasteiger partial charge is 0.143 e. The van der Waals surface area contributed by atoms with Crippen molar-refractivity contribution in [3.63, 3.8) is 0 Å². The molecule has 6 heteroatoms. The van der Waals surface area contributed by atoms with E-state index in [1.807, 2.05) is 6.92 Å². The van der Waals surface area contributed by atoms with Crippen LogP contribution in [0.2, 0.25) is 5.02 Å². The summed E-state index contributed by atoms with van der Waals surface area (Å²) in [5.41, 5.74) is 0.567. The van der Waals surface area contributed by atoms with Gasteiger partial charge in [-0.25, -0.2) is 4.39 Å². The highest BCUT2D eigenvalue weighted by atomic mass is 79.9. The molecule has 1 aromatic heterocycles. The highest BCUT2D eigenvalue weighted by Crippen LogP contribution is 2.31. The van der Waals surface area contributed by atoms with Gasteiger partial charge in [0.15, 0.2) is 0 Å². The molecule has 1 N–H and O–H groups in total. The summed E-state index contributed by atoms with van der Waals surface area (Å²) in [4.78, 5) is 0. The van der Waals surface area contributed by atoms with Crippen molar-refractivity contribution in [3.8, 4) is 0 Å². The van der Waals surface area contributed by atoms with Crippen LogP contribution in [0.25, 0.3) is 0 Å². The number of hydrogen-bond acceptors (Lipinski definition) is 2. The van der Waals surface area contributed by atoms with Gasteiger partial charge in [-0.2, -0.15) is 5.10 Å². The monoisotopic (exact) mass is 332 g/mol. The molecule has 2 aromatic rings. The molecule has 0 radical (unpaired) electrons. The summed E-state index contributed by atoms with van der Waals surface area (Å²) in [5, 5.41) is 14.6. The summed E-state index contributed by atoms with van der Waals surface area (Å²) in [5.74, 6) is -0.495. The number of aliphatic hydroxyl groups excluding tert-OH is 1. The van der Waals surface area contributed by atoms with Crippen molar-refractivity contribution in [3.05, 3.63) is 51.0 Å². The Kier molecular flexibility index (Phi) is 4.04. The molecule has 0 saturated carbocycles. The van der Waals surface area contributed by atoms with E-state index in [2.05, 4.69) is 21.0 Å². The zero-order valence-electron chi connectivity index (χ0n) is 9.57. The number of aryl methyl sites for hydroxylation is 1. The van der Waals surface area contributed by atoms with Gasteiger partial charge >= 0.3 is 0 Å². The van der Waals surface area contributed by atoms with Gasteiger partial charge in [-0.1, -0.05) is 23.7 Å². The molecule has 1 heterocycles. The van der Waals surface area contributed by atoms with Crippen LogP contribution in [0, 0.1) is 5.82 Å². The van der Waals surface area contributed by atoms with Gasteiger partial charge in [0.25, 0.3) is 0 Å². The molecule has 0 spiro atoms. The Morgan fingerprint density at radius 1 is 1.56 bits per heavy atom. The molecule has 0 aliphatic rings. The number of halogens is 3. The van der Waals surface area contributed by atoms with Crippen LogP contribution in [0.3, 0.4) is 0 Å². The Balaban J connectivity index is 2.51. The predicted octanol–water partition coefficient (Wildman–Crippen LogP) is 3.54. The number of hydrogen-bond donors (Lipinski definition) is 1. The molecule has 0 amide bonds. The third kappa shape index (κ3) is 2.30. The van der Waals surface area contributed by atoms with Crippen molar-refractivity contribution >= 4 is 27.5 Å². The van der Waals surface area contributed by atoms with Crippen molar-refractivity contribution < 1.29 is 9.50 Å². The largest absolute Gasteiger partial charge is 0.382 e. The molecule has 96 valence electrons. The summed E-state index contributed by atoms with van der Waals surface area (Å²) in [6.07, 6.45) is 0.303. The Morgan fingerprint density at radius 3 is 2.94 bits per heavy atom. The Hall–Kier alpha value is -0.910. The zero-order valence-corrected chi connectivity index (χ0v) is 11.9. The van der Waals surface area contributed by atoms with Crippen molar-refractivity contribution in [1.82, 2.24) is 9.78 Å². The van der Waals surface area contributed by atoms with Crippen LogP contribution in [0.4, 0.5) is 4.39 Å². The van der Waals surface area contributed by atoms with E-state index in [1.54, 1.807) is 16.8 Å². The molecule has 1 aromatic carbocycles. The van der Waals surface area contributed by atoms with Gasteiger partial charge in [-0.15, -0.1) is 0 Å². The highest BCUT2D eigenvalue weighted by Gasteiger charge is 2.22. The maximum Gasteiger partial charge on any atom is 0.143 e. The van der Waals surface area contributed by atoms with Crippen molar-refractivity contribution in [2.45, 2.75) is 19.6 Å². The lowest BCUT2D eigenvalue weighted by molar-refractivity contribution is 0.203. The zero-order chi connectivity index (χ0) is 13.3. The molecule has 18 heavy (non-hydrogen) atoms. The van der Waals surface area contributed by atoms with E-state index < -0.39 is 11.9 Å². The normalized spacial score (nSPS) is 12.7. The summed E-state index contributed by atoms with van der Waals surface area (Å²) < 4.78 is 15.8. The van der Waals surface area contributed by atoms with Crippen LogP contribution in [0.15, 0.2) is 28.9 Å². The summed E-state index contributed by atoms with van der Waals surface area (Å²) >= 11 is 9.07. The molecule has 0 aliphatic carbocycles. The maximum atomic E-state index is 13.9. The minimum absolute atomic E-state index is 0.168. The Morgan fingerprint density at radius 2 is 2.28 bits per heavy atom. The maximum absolute atomic E-state index is 13.9. The standard InChI is InChI=1S/C12H11BrClFN2O/c1-2-17-11(9(14)6-16-17)12(18)7-4-3-5-8(13)10(7)15/h3-6,12,18H,2H2,1H3. The molecule has 0 fully saturated rings. The minimum Gasteiger partial charge on any atom is -0.382 e. The van der Waals surface area contributed by atoms with Crippen molar-refractivity contribution in [2.75, 3.05) is 0 Å². The highest BCUT2D eigenvalue weighted by molar-refractivity contribution is 9.10. The second kappa shape index (κ2) is 5.38. The third-order valence-corrected chi connectivity index (χ3v) is 3.57. The van der Waals surface area contributed by atoms with Gasteiger partial charge in [0.2, 0.25) is 0 Å².